The third-order valence-corrected chi connectivity index (χ3v) is 4.86. The number of aromatic nitrogens is 1. The number of aryl methyl sites for hydroxylation is 1. The fourth-order valence-corrected chi connectivity index (χ4v) is 3.24. The van der Waals surface area contributed by atoms with Crippen LogP contribution in [-0.2, 0) is 23.0 Å². The van der Waals surface area contributed by atoms with Crippen molar-refractivity contribution in [2.45, 2.75) is 12.5 Å². The minimum atomic E-state index is -0.724. The highest BCUT2D eigenvalue weighted by Gasteiger charge is 2.29. The summed E-state index contributed by atoms with van der Waals surface area (Å²) in [6.07, 6.45) is 1.41. The van der Waals surface area contributed by atoms with Crippen LogP contribution in [-0.4, -0.2) is 60.7 Å². The van der Waals surface area contributed by atoms with Crippen molar-refractivity contribution in [3.8, 4) is 5.75 Å². The number of morpholine rings is 1. The third kappa shape index (κ3) is 5.03. The van der Waals surface area contributed by atoms with Gasteiger partial charge in [-0.3, -0.25) is 14.4 Å². The van der Waals surface area contributed by atoms with E-state index >= 15 is 0 Å². The molecule has 1 aromatic carbocycles. The molecule has 2 amide bonds. The molecule has 0 radical (unpaired) electrons. The third-order valence-electron chi connectivity index (χ3n) is 4.86. The smallest absolute Gasteiger partial charge is 0.255 e. The zero-order valence-electron chi connectivity index (χ0n) is 16.6. The van der Waals surface area contributed by atoms with E-state index in [1.54, 1.807) is 19.1 Å². The molecule has 1 aromatic heterocycles. The summed E-state index contributed by atoms with van der Waals surface area (Å²) in [6, 6.07) is 10.5. The first-order chi connectivity index (χ1) is 14.0. The summed E-state index contributed by atoms with van der Waals surface area (Å²) in [6.45, 7) is 1.28. The van der Waals surface area contributed by atoms with Crippen molar-refractivity contribution in [2.75, 3.05) is 33.4 Å². The van der Waals surface area contributed by atoms with Crippen LogP contribution in [0.1, 0.15) is 15.9 Å². The van der Waals surface area contributed by atoms with Gasteiger partial charge >= 0.3 is 0 Å². The molecule has 1 aliphatic rings. The fraction of sp³-hybridized carbons (Fsp3) is 0.381. The van der Waals surface area contributed by atoms with E-state index in [4.69, 9.17) is 9.47 Å². The second-order valence-corrected chi connectivity index (χ2v) is 6.83. The molecule has 0 spiro atoms. The van der Waals surface area contributed by atoms with Crippen LogP contribution in [0.2, 0.25) is 0 Å². The maximum Gasteiger partial charge on any atom is 0.255 e. The van der Waals surface area contributed by atoms with Crippen LogP contribution in [0.15, 0.2) is 47.4 Å². The quantitative estimate of drug-likeness (QED) is 0.768. The van der Waals surface area contributed by atoms with Gasteiger partial charge < -0.3 is 24.3 Å². The molecule has 29 heavy (non-hydrogen) atoms. The van der Waals surface area contributed by atoms with Crippen molar-refractivity contribution in [1.82, 2.24) is 14.8 Å². The number of nitrogens with one attached hydrogen (secondary N) is 1. The van der Waals surface area contributed by atoms with E-state index in [-0.39, 0.29) is 30.5 Å². The molecule has 0 aliphatic carbocycles. The van der Waals surface area contributed by atoms with Crippen LogP contribution in [0.25, 0.3) is 0 Å². The molecule has 1 aliphatic heterocycles. The SMILES string of the molecule is COc1ccccc1CCNC(=O)C1CN(C(=O)c2ccc(=O)n(C)c2)CCO1. The molecule has 1 fully saturated rings. The fourth-order valence-electron chi connectivity index (χ4n) is 3.24. The minimum absolute atomic E-state index is 0.169. The molecule has 2 aromatic rings. The maximum absolute atomic E-state index is 12.7. The number of nitrogens with zero attached hydrogens (tertiary/aromatic N) is 2. The summed E-state index contributed by atoms with van der Waals surface area (Å²) in [4.78, 5) is 38.3. The summed E-state index contributed by atoms with van der Waals surface area (Å²) in [5, 5.41) is 2.87. The average molecular weight is 399 g/mol. The Bertz CT molecular complexity index is 940. The number of rotatable bonds is 6. The van der Waals surface area contributed by atoms with Crippen molar-refractivity contribution >= 4 is 11.8 Å². The van der Waals surface area contributed by atoms with E-state index in [2.05, 4.69) is 5.32 Å². The minimum Gasteiger partial charge on any atom is -0.496 e. The number of benzene rings is 1. The Balaban J connectivity index is 1.55. The Morgan fingerprint density at radius 3 is 2.79 bits per heavy atom. The molecular formula is C21H25N3O5. The van der Waals surface area contributed by atoms with Gasteiger partial charge in [-0.15, -0.1) is 0 Å². The Kier molecular flexibility index (Phi) is 6.66. The molecule has 2 heterocycles. The van der Waals surface area contributed by atoms with Crippen molar-refractivity contribution < 1.29 is 19.1 Å². The predicted octanol–water partition coefficient (Wildman–Crippen LogP) is 0.594. The predicted molar refractivity (Wildman–Crippen MR) is 107 cm³/mol. The first-order valence-electron chi connectivity index (χ1n) is 9.46. The van der Waals surface area contributed by atoms with Crippen LogP contribution < -0.4 is 15.6 Å². The van der Waals surface area contributed by atoms with Crippen molar-refractivity contribution in [3.63, 3.8) is 0 Å². The normalized spacial score (nSPS) is 16.3. The van der Waals surface area contributed by atoms with Crippen LogP contribution in [0.3, 0.4) is 0 Å². The van der Waals surface area contributed by atoms with Crippen LogP contribution in [0.5, 0.6) is 5.75 Å². The second-order valence-electron chi connectivity index (χ2n) is 6.83. The number of carbonyl (C=O) groups excluding carboxylic acids is 2. The van der Waals surface area contributed by atoms with Gasteiger partial charge in [0.15, 0.2) is 6.10 Å². The first kappa shape index (κ1) is 20.6. The standard InChI is InChI=1S/C21H25N3O5/c1-23-13-16(7-8-19(23)25)21(27)24-11-12-29-18(14-24)20(26)22-10-9-15-5-3-4-6-17(15)28-2/h3-8,13,18H,9-12,14H2,1-2H3,(H,22,26). The number of methoxy groups -OCH3 is 1. The zero-order chi connectivity index (χ0) is 20.8. The van der Waals surface area contributed by atoms with Gasteiger partial charge in [0.1, 0.15) is 5.75 Å². The molecule has 3 rings (SSSR count). The van der Waals surface area contributed by atoms with Crippen LogP contribution in [0.4, 0.5) is 0 Å². The van der Waals surface area contributed by atoms with Gasteiger partial charge in [0, 0.05) is 32.4 Å². The van der Waals surface area contributed by atoms with E-state index in [1.807, 2.05) is 24.3 Å². The first-order valence-corrected chi connectivity index (χ1v) is 9.46. The van der Waals surface area contributed by atoms with Crippen molar-refractivity contribution in [3.05, 3.63) is 64.1 Å². The Hall–Kier alpha value is -3.13. The van der Waals surface area contributed by atoms with E-state index in [9.17, 15) is 14.4 Å². The summed E-state index contributed by atoms with van der Waals surface area (Å²) >= 11 is 0. The van der Waals surface area contributed by atoms with Gasteiger partial charge in [0.2, 0.25) is 5.56 Å². The molecule has 1 saturated heterocycles. The van der Waals surface area contributed by atoms with Crippen molar-refractivity contribution in [2.24, 2.45) is 7.05 Å². The van der Waals surface area contributed by atoms with E-state index in [0.717, 1.165) is 11.3 Å². The average Bonchev–Trinajstić information content (AvgIpc) is 2.75. The van der Waals surface area contributed by atoms with Crippen LogP contribution >= 0.6 is 0 Å². The molecule has 8 heteroatoms. The maximum atomic E-state index is 12.7. The molecule has 154 valence electrons. The number of carbonyl (C=O) groups is 2. The Morgan fingerprint density at radius 1 is 1.24 bits per heavy atom. The van der Waals surface area contributed by atoms with E-state index in [1.165, 1.54) is 22.9 Å². The molecule has 1 atom stereocenters. The number of para-hydroxylation sites is 1. The highest BCUT2D eigenvalue weighted by molar-refractivity contribution is 5.94. The molecular weight excluding hydrogens is 374 g/mol. The van der Waals surface area contributed by atoms with E-state index < -0.39 is 6.10 Å². The van der Waals surface area contributed by atoms with Gasteiger partial charge in [-0.25, -0.2) is 0 Å². The molecule has 1 unspecified atom stereocenters. The van der Waals surface area contributed by atoms with Crippen molar-refractivity contribution in [1.29, 1.82) is 0 Å². The van der Waals surface area contributed by atoms with Gasteiger partial charge in [0.25, 0.3) is 11.8 Å². The molecule has 0 bridgehead atoms. The largest absolute Gasteiger partial charge is 0.496 e. The molecule has 8 nitrogen and oxygen atoms in total. The number of hydrogen-bond acceptors (Lipinski definition) is 5. The highest BCUT2D eigenvalue weighted by atomic mass is 16.5. The van der Waals surface area contributed by atoms with Gasteiger partial charge in [0.05, 0.1) is 25.8 Å². The van der Waals surface area contributed by atoms with Gasteiger partial charge in [-0.05, 0) is 24.1 Å². The lowest BCUT2D eigenvalue weighted by atomic mass is 10.1. The number of amides is 2. The summed E-state index contributed by atoms with van der Waals surface area (Å²) in [7, 11) is 3.21. The lowest BCUT2D eigenvalue weighted by Gasteiger charge is -2.32. The molecule has 0 saturated carbocycles. The highest BCUT2D eigenvalue weighted by Crippen LogP contribution is 2.17. The summed E-state index contributed by atoms with van der Waals surface area (Å²) in [5.74, 6) is 0.304. The number of ether oxygens (including phenoxy) is 2. The number of hydrogen-bond donors (Lipinski definition) is 1. The second kappa shape index (κ2) is 9.38. The van der Waals surface area contributed by atoms with Gasteiger partial charge in [-0.1, -0.05) is 18.2 Å². The summed E-state index contributed by atoms with van der Waals surface area (Å²) in [5.41, 5.74) is 1.23. The lowest BCUT2D eigenvalue weighted by molar-refractivity contribution is -0.137. The van der Waals surface area contributed by atoms with E-state index in [0.29, 0.717) is 25.1 Å². The Morgan fingerprint density at radius 2 is 2.03 bits per heavy atom. The van der Waals surface area contributed by atoms with Crippen LogP contribution in [0, 0.1) is 0 Å². The topological polar surface area (TPSA) is 89.9 Å². The van der Waals surface area contributed by atoms with Gasteiger partial charge in [-0.2, -0.15) is 0 Å². The lowest BCUT2D eigenvalue weighted by Crippen LogP contribution is -2.51. The monoisotopic (exact) mass is 399 g/mol. The zero-order valence-corrected chi connectivity index (χ0v) is 16.6. The summed E-state index contributed by atoms with van der Waals surface area (Å²) < 4.78 is 12.2. The molecule has 1 N–H and O–H groups in total. The number of pyridine rings is 1. The Labute approximate surface area is 169 Å².